The largest absolute Gasteiger partial charge is 0.464 e. The van der Waals surface area contributed by atoms with Gasteiger partial charge in [-0.05, 0) is 20.3 Å². The van der Waals surface area contributed by atoms with Crippen molar-refractivity contribution in [2.75, 3.05) is 13.2 Å². The van der Waals surface area contributed by atoms with E-state index in [4.69, 9.17) is 9.47 Å². The first-order valence-corrected chi connectivity index (χ1v) is 6.83. The molecule has 0 aliphatic carbocycles. The zero-order valence-electron chi connectivity index (χ0n) is 12.8. The molecule has 0 rings (SSSR count). The van der Waals surface area contributed by atoms with E-state index in [1.165, 1.54) is 6.92 Å². The molecule has 0 aromatic carbocycles. The lowest BCUT2D eigenvalue weighted by atomic mass is 9.94. The number of carbonyl (C=O) groups is 3. The lowest BCUT2D eigenvalue weighted by molar-refractivity contribution is -0.167. The number of ether oxygens (including phenoxy) is 2. The molecule has 0 spiro atoms. The van der Waals surface area contributed by atoms with E-state index >= 15 is 0 Å². The summed E-state index contributed by atoms with van der Waals surface area (Å²) in [7, 11) is 0. The highest BCUT2D eigenvalue weighted by atomic mass is 16.6. The number of hydrogen-bond donors (Lipinski definition) is 1. The summed E-state index contributed by atoms with van der Waals surface area (Å²) in [5.41, 5.74) is -1.85. The third kappa shape index (κ3) is 5.81. The van der Waals surface area contributed by atoms with Gasteiger partial charge in [0.2, 0.25) is 11.4 Å². The normalized spacial score (nSPS) is 11.0. The number of esters is 2. The van der Waals surface area contributed by atoms with Crippen LogP contribution in [-0.4, -0.2) is 36.6 Å². The maximum atomic E-state index is 12.2. The van der Waals surface area contributed by atoms with E-state index < -0.39 is 23.4 Å². The first-order valence-electron chi connectivity index (χ1n) is 6.83. The van der Waals surface area contributed by atoms with E-state index in [0.29, 0.717) is 6.42 Å². The maximum absolute atomic E-state index is 12.2. The van der Waals surface area contributed by atoms with E-state index in [1.54, 1.807) is 32.1 Å². The summed E-state index contributed by atoms with van der Waals surface area (Å²) in [5, 5.41) is 2.37. The molecule has 0 heterocycles. The van der Waals surface area contributed by atoms with Gasteiger partial charge in [-0.15, -0.1) is 6.58 Å². The molecule has 0 unspecified atom stereocenters. The van der Waals surface area contributed by atoms with Crippen molar-refractivity contribution >= 4 is 17.8 Å². The lowest BCUT2D eigenvalue weighted by Gasteiger charge is -2.28. The molecule has 0 aromatic heterocycles. The quantitative estimate of drug-likeness (QED) is 0.396. The Balaban J connectivity index is 5.47. The fourth-order valence-corrected chi connectivity index (χ4v) is 1.66. The molecule has 0 fully saturated rings. The van der Waals surface area contributed by atoms with Gasteiger partial charge in [0, 0.05) is 13.3 Å². The number of nitrogens with one attached hydrogen (secondary N) is 1. The van der Waals surface area contributed by atoms with Crippen LogP contribution >= 0.6 is 0 Å². The fourth-order valence-electron chi connectivity index (χ4n) is 1.66. The third-order valence-corrected chi connectivity index (χ3v) is 2.53. The highest BCUT2D eigenvalue weighted by Crippen LogP contribution is 2.17. The average Bonchev–Trinajstić information content (AvgIpc) is 2.42. The van der Waals surface area contributed by atoms with Crippen LogP contribution in [0.4, 0.5) is 0 Å². The third-order valence-electron chi connectivity index (χ3n) is 2.53. The smallest absolute Gasteiger partial charge is 0.344 e. The highest BCUT2D eigenvalue weighted by molar-refractivity contribution is 6.07. The second kappa shape index (κ2) is 9.74. The number of hydrogen-bond acceptors (Lipinski definition) is 5. The topological polar surface area (TPSA) is 81.7 Å². The summed E-state index contributed by atoms with van der Waals surface area (Å²) >= 11 is 0. The van der Waals surface area contributed by atoms with Crippen LogP contribution in [0.15, 0.2) is 24.8 Å². The second-order valence-electron chi connectivity index (χ2n) is 4.23. The average molecular weight is 297 g/mol. The Bertz CT molecular complexity index is 396. The highest BCUT2D eigenvalue weighted by Gasteiger charge is 2.49. The number of rotatable bonds is 9. The van der Waals surface area contributed by atoms with Crippen LogP contribution in [0.25, 0.3) is 0 Å². The molecule has 0 aromatic rings. The minimum absolute atomic E-state index is 0.0436. The summed E-state index contributed by atoms with van der Waals surface area (Å²) in [6.45, 7) is 8.22. The van der Waals surface area contributed by atoms with Crippen molar-refractivity contribution in [3.05, 3.63) is 24.8 Å². The second-order valence-corrected chi connectivity index (χ2v) is 4.23. The Labute approximate surface area is 125 Å². The van der Waals surface area contributed by atoms with Gasteiger partial charge >= 0.3 is 11.9 Å². The Kier molecular flexibility index (Phi) is 8.76. The Hall–Kier alpha value is -2.11. The predicted octanol–water partition coefficient (Wildman–Crippen LogP) is 1.51. The first-order chi connectivity index (χ1) is 9.94. The van der Waals surface area contributed by atoms with E-state index in [9.17, 15) is 14.4 Å². The van der Waals surface area contributed by atoms with Gasteiger partial charge in [0.1, 0.15) is 0 Å². The van der Waals surface area contributed by atoms with Crippen LogP contribution in [-0.2, 0) is 23.9 Å². The van der Waals surface area contributed by atoms with E-state index in [0.717, 1.165) is 0 Å². The molecule has 0 atom stereocenters. The van der Waals surface area contributed by atoms with Crippen molar-refractivity contribution in [2.24, 2.45) is 0 Å². The summed E-state index contributed by atoms with van der Waals surface area (Å²) in [6.07, 6.45) is 5.57. The molecule has 1 amide bonds. The lowest BCUT2D eigenvalue weighted by Crippen LogP contribution is -2.60. The van der Waals surface area contributed by atoms with E-state index in [1.807, 2.05) is 0 Å². The molecule has 0 aliphatic rings. The van der Waals surface area contributed by atoms with Crippen LogP contribution in [0, 0.1) is 0 Å². The molecule has 0 saturated carbocycles. The Morgan fingerprint density at radius 3 is 2.00 bits per heavy atom. The van der Waals surface area contributed by atoms with Gasteiger partial charge in [0.25, 0.3) is 0 Å². The van der Waals surface area contributed by atoms with Crippen molar-refractivity contribution in [1.29, 1.82) is 0 Å². The van der Waals surface area contributed by atoms with Crippen LogP contribution in [0.1, 0.15) is 33.6 Å². The predicted molar refractivity (Wildman–Crippen MR) is 78.4 cm³/mol. The molecule has 0 bridgehead atoms. The van der Waals surface area contributed by atoms with Crippen molar-refractivity contribution in [2.45, 2.75) is 39.2 Å². The minimum Gasteiger partial charge on any atom is -0.464 e. The summed E-state index contributed by atoms with van der Waals surface area (Å²) in [4.78, 5) is 35.8. The standard InChI is InChI=1S/C15H23NO5/c1-5-8-9-10-11-15(16-12(4)17,13(18)20-6-2)14(19)21-7-3/h5,9-10H,1,6-8,11H2,2-4H3,(H,16,17)/b10-9+. The molecule has 0 aliphatic heterocycles. The van der Waals surface area contributed by atoms with Gasteiger partial charge in [-0.1, -0.05) is 18.2 Å². The van der Waals surface area contributed by atoms with Crippen molar-refractivity contribution in [1.82, 2.24) is 5.32 Å². The van der Waals surface area contributed by atoms with E-state index in [-0.39, 0.29) is 19.6 Å². The van der Waals surface area contributed by atoms with Gasteiger partial charge in [-0.3, -0.25) is 4.79 Å². The van der Waals surface area contributed by atoms with Crippen LogP contribution in [0.3, 0.4) is 0 Å². The summed E-state index contributed by atoms with van der Waals surface area (Å²) in [5.74, 6) is -2.18. The van der Waals surface area contributed by atoms with Gasteiger partial charge in [0.15, 0.2) is 0 Å². The van der Waals surface area contributed by atoms with Crippen molar-refractivity contribution in [3.63, 3.8) is 0 Å². The summed E-state index contributed by atoms with van der Waals surface area (Å²) < 4.78 is 9.85. The van der Waals surface area contributed by atoms with Crippen LogP contribution in [0.5, 0.6) is 0 Å². The Morgan fingerprint density at radius 2 is 1.62 bits per heavy atom. The van der Waals surface area contributed by atoms with Crippen LogP contribution in [0.2, 0.25) is 0 Å². The minimum atomic E-state index is -1.85. The molecule has 118 valence electrons. The SMILES string of the molecule is C=CC/C=C/CC(NC(C)=O)(C(=O)OCC)C(=O)OCC. The molecule has 6 nitrogen and oxygen atoms in total. The molecule has 21 heavy (non-hydrogen) atoms. The summed E-state index contributed by atoms with van der Waals surface area (Å²) in [6, 6.07) is 0. The van der Waals surface area contributed by atoms with Gasteiger partial charge in [-0.2, -0.15) is 0 Å². The fraction of sp³-hybridized carbons (Fsp3) is 0.533. The molecule has 6 heteroatoms. The maximum Gasteiger partial charge on any atom is 0.344 e. The van der Waals surface area contributed by atoms with Gasteiger partial charge in [-0.25, -0.2) is 9.59 Å². The monoisotopic (exact) mass is 297 g/mol. The number of amides is 1. The molecule has 1 N–H and O–H groups in total. The molecule has 0 saturated heterocycles. The Morgan fingerprint density at radius 1 is 1.10 bits per heavy atom. The molecular formula is C15H23NO5. The van der Waals surface area contributed by atoms with Crippen molar-refractivity contribution < 1.29 is 23.9 Å². The number of allylic oxidation sites excluding steroid dienone is 2. The molecular weight excluding hydrogens is 274 g/mol. The zero-order chi connectivity index (χ0) is 16.3. The van der Waals surface area contributed by atoms with E-state index in [2.05, 4.69) is 11.9 Å². The first kappa shape index (κ1) is 18.9. The van der Waals surface area contributed by atoms with Gasteiger partial charge < -0.3 is 14.8 Å². The number of carbonyl (C=O) groups excluding carboxylic acids is 3. The van der Waals surface area contributed by atoms with Crippen molar-refractivity contribution in [3.8, 4) is 0 Å². The zero-order valence-corrected chi connectivity index (χ0v) is 12.8. The molecule has 0 radical (unpaired) electrons. The van der Waals surface area contributed by atoms with Crippen LogP contribution < -0.4 is 5.32 Å². The van der Waals surface area contributed by atoms with Gasteiger partial charge in [0.05, 0.1) is 13.2 Å².